The Hall–Kier alpha value is -2.66. The lowest BCUT2D eigenvalue weighted by Crippen LogP contribution is -2.45. The molecule has 0 aliphatic carbocycles. The first-order chi connectivity index (χ1) is 12.9. The minimum atomic E-state index is -0.866. The average molecular weight is 365 g/mol. The third-order valence-electron chi connectivity index (χ3n) is 5.19. The summed E-state index contributed by atoms with van der Waals surface area (Å²) in [6.45, 7) is 1.33. The molecule has 5 nitrogen and oxygen atoms in total. The fraction of sp³-hybridized carbons (Fsp3) is 0.364. The summed E-state index contributed by atoms with van der Waals surface area (Å²) in [6, 6.07) is 17.7. The summed E-state index contributed by atoms with van der Waals surface area (Å²) < 4.78 is 0. The number of hydrogen-bond acceptors (Lipinski definition) is 3. The number of carbonyl (C=O) groups is 2. The number of rotatable bonds is 7. The molecule has 27 heavy (non-hydrogen) atoms. The highest BCUT2D eigenvalue weighted by Crippen LogP contribution is 2.45. The molecule has 1 aliphatic heterocycles. The van der Waals surface area contributed by atoms with Gasteiger partial charge in [-0.15, -0.1) is 0 Å². The average Bonchev–Trinajstić information content (AvgIpc) is 2.85. The van der Waals surface area contributed by atoms with Gasteiger partial charge in [0.15, 0.2) is 0 Å². The van der Waals surface area contributed by atoms with Gasteiger partial charge in [-0.3, -0.25) is 9.59 Å². The van der Waals surface area contributed by atoms with Gasteiger partial charge in [-0.05, 0) is 37.7 Å². The van der Waals surface area contributed by atoms with Crippen molar-refractivity contribution < 1.29 is 9.59 Å². The van der Waals surface area contributed by atoms with Crippen LogP contribution in [0.1, 0.15) is 17.5 Å². The molecule has 0 fully saturated rings. The van der Waals surface area contributed by atoms with Crippen LogP contribution in [0.2, 0.25) is 0 Å². The molecule has 0 aromatic heterocycles. The molecule has 142 valence electrons. The van der Waals surface area contributed by atoms with Crippen LogP contribution in [-0.2, 0) is 21.4 Å². The van der Waals surface area contributed by atoms with Gasteiger partial charge in [-0.1, -0.05) is 48.5 Å². The number of likely N-dealkylation sites (N-methyl/N-ethyl adjacent to an activating group) is 2. The maximum atomic E-state index is 13.3. The SMILES string of the molecule is CN(C)CCNC(=O)CC1(Cc2ccccc2)C(=O)N(C)c2ccccc21. The van der Waals surface area contributed by atoms with E-state index >= 15 is 0 Å². The largest absolute Gasteiger partial charge is 0.355 e. The van der Waals surface area contributed by atoms with Gasteiger partial charge in [0.1, 0.15) is 0 Å². The molecule has 1 heterocycles. The van der Waals surface area contributed by atoms with Crippen LogP contribution >= 0.6 is 0 Å². The number of hydrogen-bond donors (Lipinski definition) is 1. The van der Waals surface area contributed by atoms with E-state index in [4.69, 9.17) is 0 Å². The maximum absolute atomic E-state index is 13.3. The predicted molar refractivity (Wildman–Crippen MR) is 108 cm³/mol. The van der Waals surface area contributed by atoms with E-state index < -0.39 is 5.41 Å². The van der Waals surface area contributed by atoms with Crippen molar-refractivity contribution in [3.8, 4) is 0 Å². The maximum Gasteiger partial charge on any atom is 0.238 e. The second-order valence-electron chi connectivity index (χ2n) is 7.46. The van der Waals surface area contributed by atoms with Crippen molar-refractivity contribution in [2.75, 3.05) is 39.1 Å². The van der Waals surface area contributed by atoms with Gasteiger partial charge in [-0.2, -0.15) is 0 Å². The third kappa shape index (κ3) is 3.88. The lowest BCUT2D eigenvalue weighted by Gasteiger charge is -2.28. The number of nitrogens with zero attached hydrogens (tertiary/aromatic N) is 2. The zero-order chi connectivity index (χ0) is 19.4. The minimum Gasteiger partial charge on any atom is -0.355 e. The van der Waals surface area contributed by atoms with Crippen molar-refractivity contribution in [1.82, 2.24) is 10.2 Å². The number of para-hydroxylation sites is 1. The fourth-order valence-corrected chi connectivity index (χ4v) is 3.82. The third-order valence-corrected chi connectivity index (χ3v) is 5.19. The molecule has 0 saturated heterocycles. The van der Waals surface area contributed by atoms with Crippen LogP contribution < -0.4 is 10.2 Å². The van der Waals surface area contributed by atoms with Crippen LogP contribution in [0.25, 0.3) is 0 Å². The Morgan fingerprint density at radius 1 is 1.07 bits per heavy atom. The van der Waals surface area contributed by atoms with Gasteiger partial charge in [0.2, 0.25) is 11.8 Å². The Morgan fingerprint density at radius 3 is 2.44 bits per heavy atom. The topological polar surface area (TPSA) is 52.7 Å². The zero-order valence-corrected chi connectivity index (χ0v) is 16.2. The van der Waals surface area contributed by atoms with E-state index in [0.29, 0.717) is 13.0 Å². The molecule has 1 unspecified atom stereocenters. The minimum absolute atomic E-state index is 0.0182. The molecule has 5 heteroatoms. The highest BCUT2D eigenvalue weighted by Gasteiger charge is 2.50. The van der Waals surface area contributed by atoms with Crippen molar-refractivity contribution >= 4 is 17.5 Å². The van der Waals surface area contributed by atoms with Crippen LogP contribution in [0, 0.1) is 0 Å². The van der Waals surface area contributed by atoms with Crippen LogP contribution in [0.3, 0.4) is 0 Å². The molecular formula is C22H27N3O2. The summed E-state index contributed by atoms with van der Waals surface area (Å²) in [5.41, 5.74) is 2.01. The highest BCUT2D eigenvalue weighted by atomic mass is 16.2. The second-order valence-corrected chi connectivity index (χ2v) is 7.46. The van der Waals surface area contributed by atoms with Gasteiger partial charge >= 0.3 is 0 Å². The summed E-state index contributed by atoms with van der Waals surface area (Å²) in [6.07, 6.45) is 0.657. The number of carbonyl (C=O) groups excluding carboxylic acids is 2. The van der Waals surface area contributed by atoms with E-state index in [1.165, 1.54) is 0 Å². The molecule has 3 rings (SSSR count). The summed E-state index contributed by atoms with van der Waals surface area (Å²) in [5, 5.41) is 2.97. The summed E-state index contributed by atoms with van der Waals surface area (Å²) in [7, 11) is 5.72. The predicted octanol–water partition coefficient (Wildman–Crippen LogP) is 2.21. The van der Waals surface area contributed by atoms with Crippen molar-refractivity contribution in [1.29, 1.82) is 0 Å². The van der Waals surface area contributed by atoms with Gasteiger partial charge in [0, 0.05) is 32.2 Å². The van der Waals surface area contributed by atoms with Crippen molar-refractivity contribution in [3.05, 3.63) is 65.7 Å². The monoisotopic (exact) mass is 365 g/mol. The van der Waals surface area contributed by atoms with E-state index in [0.717, 1.165) is 23.4 Å². The Balaban J connectivity index is 1.93. The molecular weight excluding hydrogens is 338 g/mol. The van der Waals surface area contributed by atoms with Gasteiger partial charge < -0.3 is 15.1 Å². The van der Waals surface area contributed by atoms with Crippen LogP contribution in [-0.4, -0.2) is 50.9 Å². The number of nitrogens with one attached hydrogen (secondary N) is 1. The number of amides is 2. The molecule has 1 N–H and O–H groups in total. The summed E-state index contributed by atoms with van der Waals surface area (Å²) in [5.74, 6) is -0.110. The smallest absolute Gasteiger partial charge is 0.238 e. The highest BCUT2D eigenvalue weighted by molar-refractivity contribution is 6.09. The number of fused-ring (bicyclic) bond motifs is 1. The van der Waals surface area contributed by atoms with Gasteiger partial charge in [-0.25, -0.2) is 0 Å². The second kappa shape index (κ2) is 7.92. The van der Waals surface area contributed by atoms with Gasteiger partial charge in [0.25, 0.3) is 0 Å². The van der Waals surface area contributed by atoms with E-state index in [1.807, 2.05) is 73.6 Å². The Labute approximate surface area is 161 Å². The van der Waals surface area contributed by atoms with E-state index in [1.54, 1.807) is 11.9 Å². The standard InChI is InChI=1S/C22H27N3O2/c1-24(2)14-13-23-20(26)16-22(15-17-9-5-4-6-10-17)18-11-7-8-12-19(18)25(3)21(22)27/h4-12H,13-16H2,1-3H3,(H,23,26). The van der Waals surface area contributed by atoms with Crippen LogP contribution in [0.5, 0.6) is 0 Å². The van der Waals surface area contributed by atoms with Crippen LogP contribution in [0.4, 0.5) is 5.69 Å². The summed E-state index contributed by atoms with van der Waals surface area (Å²) >= 11 is 0. The molecule has 1 atom stereocenters. The fourth-order valence-electron chi connectivity index (χ4n) is 3.82. The Bertz CT molecular complexity index is 819. The van der Waals surface area contributed by atoms with Crippen LogP contribution in [0.15, 0.2) is 54.6 Å². The molecule has 2 aromatic rings. The first-order valence-electron chi connectivity index (χ1n) is 9.27. The first-order valence-corrected chi connectivity index (χ1v) is 9.27. The lowest BCUT2D eigenvalue weighted by molar-refractivity contribution is -0.129. The Kier molecular flexibility index (Phi) is 5.61. The molecule has 0 bridgehead atoms. The number of benzene rings is 2. The molecule has 0 radical (unpaired) electrons. The molecule has 2 amide bonds. The van der Waals surface area contributed by atoms with Crippen molar-refractivity contribution in [2.45, 2.75) is 18.3 Å². The van der Waals surface area contributed by atoms with Gasteiger partial charge in [0.05, 0.1) is 5.41 Å². The number of anilines is 1. The summed E-state index contributed by atoms with van der Waals surface area (Å²) in [4.78, 5) is 29.8. The first kappa shape index (κ1) is 19.1. The zero-order valence-electron chi connectivity index (χ0n) is 16.2. The Morgan fingerprint density at radius 2 is 1.74 bits per heavy atom. The normalized spacial score (nSPS) is 18.7. The van der Waals surface area contributed by atoms with Crippen molar-refractivity contribution in [3.63, 3.8) is 0 Å². The molecule has 0 saturated carbocycles. The quantitative estimate of drug-likeness (QED) is 0.819. The molecule has 0 spiro atoms. The van der Waals surface area contributed by atoms with E-state index in [2.05, 4.69) is 5.32 Å². The molecule has 1 aliphatic rings. The lowest BCUT2D eigenvalue weighted by atomic mass is 9.73. The van der Waals surface area contributed by atoms with E-state index in [9.17, 15) is 9.59 Å². The van der Waals surface area contributed by atoms with E-state index in [-0.39, 0.29) is 18.2 Å². The van der Waals surface area contributed by atoms with Crippen molar-refractivity contribution in [2.24, 2.45) is 0 Å². The molecule has 2 aromatic carbocycles.